The van der Waals surface area contributed by atoms with Gasteiger partial charge in [-0.15, -0.1) is 0 Å². The van der Waals surface area contributed by atoms with Crippen molar-refractivity contribution in [2.45, 2.75) is 20.0 Å². The lowest BCUT2D eigenvalue weighted by Gasteiger charge is -2.22. The molecule has 0 fully saturated rings. The summed E-state index contributed by atoms with van der Waals surface area (Å²) in [6, 6.07) is 4.00. The zero-order valence-electron chi connectivity index (χ0n) is 10.4. The Labute approximate surface area is 104 Å². The molecule has 0 spiro atoms. The van der Waals surface area contributed by atoms with Crippen LogP contribution < -0.4 is 4.90 Å². The first kappa shape index (κ1) is 14.3. The summed E-state index contributed by atoms with van der Waals surface area (Å²) in [5.74, 6) is 0. The molecule has 0 N–H and O–H groups in total. The molecule has 98 valence electrons. The molecule has 0 heterocycles. The molecule has 1 aromatic rings. The van der Waals surface area contributed by atoms with Gasteiger partial charge in [-0.2, -0.15) is 13.2 Å². The molecule has 0 aromatic heterocycles. The Hall–Kier alpha value is -1.78. The summed E-state index contributed by atoms with van der Waals surface area (Å²) >= 11 is 0. The monoisotopic (exact) mass is 257 g/mol. The minimum Gasteiger partial charge on any atom is -0.350 e. The second-order valence-corrected chi connectivity index (χ2v) is 4.07. The Balaban J connectivity index is 3.35. The summed E-state index contributed by atoms with van der Waals surface area (Å²) in [7, 11) is 1.49. The zero-order chi connectivity index (χ0) is 13.9. The van der Waals surface area contributed by atoms with E-state index >= 15 is 0 Å². The van der Waals surface area contributed by atoms with E-state index in [9.17, 15) is 18.0 Å². The van der Waals surface area contributed by atoms with Crippen molar-refractivity contribution in [2.75, 3.05) is 11.9 Å². The third-order valence-corrected chi connectivity index (χ3v) is 2.48. The van der Waals surface area contributed by atoms with Gasteiger partial charge in [0.1, 0.15) is 6.29 Å². The van der Waals surface area contributed by atoms with E-state index in [4.69, 9.17) is 0 Å². The number of allylic oxidation sites excluding steroid dienone is 1. The number of rotatable bonds is 3. The van der Waals surface area contributed by atoms with Crippen molar-refractivity contribution in [3.63, 3.8) is 0 Å². The molecule has 18 heavy (non-hydrogen) atoms. The Kier molecular flexibility index (Phi) is 4.16. The molecule has 0 aliphatic carbocycles. The van der Waals surface area contributed by atoms with Gasteiger partial charge in [-0.3, -0.25) is 4.79 Å². The van der Waals surface area contributed by atoms with E-state index in [-0.39, 0.29) is 5.69 Å². The number of nitrogens with zero attached hydrogens (tertiary/aromatic N) is 1. The van der Waals surface area contributed by atoms with Crippen molar-refractivity contribution >= 4 is 12.0 Å². The normalized spacial score (nSPS) is 12.4. The minimum atomic E-state index is -4.42. The van der Waals surface area contributed by atoms with Crippen LogP contribution in [0, 0.1) is 6.92 Å². The van der Waals surface area contributed by atoms with Crippen molar-refractivity contribution in [1.29, 1.82) is 0 Å². The number of halogens is 3. The van der Waals surface area contributed by atoms with E-state index in [1.54, 1.807) is 13.0 Å². The van der Waals surface area contributed by atoms with Crippen molar-refractivity contribution < 1.29 is 18.0 Å². The van der Waals surface area contributed by atoms with Gasteiger partial charge < -0.3 is 4.90 Å². The molecule has 0 radical (unpaired) electrons. The topological polar surface area (TPSA) is 20.3 Å². The molecular weight excluding hydrogens is 243 g/mol. The van der Waals surface area contributed by atoms with Crippen LogP contribution in [-0.4, -0.2) is 13.3 Å². The summed E-state index contributed by atoms with van der Waals surface area (Å²) in [6.07, 6.45) is -2.44. The number of para-hydroxylation sites is 1. The first-order valence-corrected chi connectivity index (χ1v) is 5.30. The molecule has 0 unspecified atom stereocenters. The maximum absolute atomic E-state index is 12.9. The number of carbonyl (C=O) groups is 1. The van der Waals surface area contributed by atoms with Crippen LogP contribution in [0.4, 0.5) is 18.9 Å². The second kappa shape index (κ2) is 5.25. The quantitative estimate of drug-likeness (QED) is 0.609. The van der Waals surface area contributed by atoms with Gasteiger partial charge in [-0.05, 0) is 25.5 Å². The van der Waals surface area contributed by atoms with Gasteiger partial charge in [-0.1, -0.05) is 12.1 Å². The number of anilines is 1. The molecule has 2 nitrogen and oxygen atoms in total. The largest absolute Gasteiger partial charge is 0.418 e. The van der Waals surface area contributed by atoms with E-state index in [1.165, 1.54) is 31.1 Å². The Morgan fingerprint density at radius 2 is 1.94 bits per heavy atom. The number of benzene rings is 1. The zero-order valence-corrected chi connectivity index (χ0v) is 10.4. The van der Waals surface area contributed by atoms with Gasteiger partial charge in [0.05, 0.1) is 11.3 Å². The fourth-order valence-electron chi connectivity index (χ4n) is 1.76. The molecule has 5 heteroatoms. The molecule has 0 amide bonds. The molecule has 0 aliphatic heterocycles. The van der Waals surface area contributed by atoms with Gasteiger partial charge in [0.25, 0.3) is 0 Å². The lowest BCUT2D eigenvalue weighted by Crippen LogP contribution is -2.17. The molecule has 0 saturated heterocycles. The third-order valence-electron chi connectivity index (χ3n) is 2.48. The summed E-state index contributed by atoms with van der Waals surface area (Å²) in [5.41, 5.74) is 0.210. The number of alkyl halides is 3. The van der Waals surface area contributed by atoms with Gasteiger partial charge in [0.2, 0.25) is 0 Å². The van der Waals surface area contributed by atoms with Crippen LogP contribution in [0.25, 0.3) is 0 Å². The molecular formula is C13H14F3NO. The van der Waals surface area contributed by atoms with Crippen LogP contribution in [0.1, 0.15) is 18.1 Å². The fourth-order valence-corrected chi connectivity index (χ4v) is 1.76. The highest BCUT2D eigenvalue weighted by Gasteiger charge is 2.34. The first-order chi connectivity index (χ1) is 8.27. The maximum atomic E-state index is 12.9. The van der Waals surface area contributed by atoms with Crippen molar-refractivity contribution in [2.24, 2.45) is 0 Å². The van der Waals surface area contributed by atoms with Gasteiger partial charge in [-0.25, -0.2) is 0 Å². The van der Waals surface area contributed by atoms with E-state index in [2.05, 4.69) is 0 Å². The van der Waals surface area contributed by atoms with Crippen LogP contribution >= 0.6 is 0 Å². The van der Waals surface area contributed by atoms with E-state index in [0.29, 0.717) is 17.4 Å². The van der Waals surface area contributed by atoms with Crippen LogP contribution in [0.2, 0.25) is 0 Å². The highest BCUT2D eigenvalue weighted by molar-refractivity contribution is 5.74. The number of hydrogen-bond donors (Lipinski definition) is 0. The lowest BCUT2D eigenvalue weighted by atomic mass is 10.1. The predicted octanol–water partition coefficient (Wildman–Crippen LogP) is 3.55. The second-order valence-electron chi connectivity index (χ2n) is 4.07. The molecule has 0 saturated carbocycles. The summed E-state index contributed by atoms with van der Waals surface area (Å²) in [5, 5.41) is 0. The number of aryl methyl sites for hydroxylation is 1. The van der Waals surface area contributed by atoms with Crippen LogP contribution in [0.3, 0.4) is 0 Å². The van der Waals surface area contributed by atoms with Gasteiger partial charge >= 0.3 is 6.18 Å². The number of carbonyl (C=O) groups excluding carboxylic acids is 1. The minimum absolute atomic E-state index is 0.0613. The predicted molar refractivity (Wildman–Crippen MR) is 64.4 cm³/mol. The summed E-state index contributed by atoms with van der Waals surface area (Å²) in [6.45, 7) is 3.14. The van der Waals surface area contributed by atoms with Gasteiger partial charge in [0, 0.05) is 18.8 Å². The summed E-state index contributed by atoms with van der Waals surface area (Å²) in [4.78, 5) is 11.8. The van der Waals surface area contributed by atoms with Crippen molar-refractivity contribution in [3.05, 3.63) is 41.1 Å². The average molecular weight is 257 g/mol. The molecule has 1 rings (SSSR count). The van der Waals surface area contributed by atoms with E-state index in [0.717, 1.165) is 6.07 Å². The number of aldehydes is 1. The Bertz CT molecular complexity index is 478. The van der Waals surface area contributed by atoms with Crippen LogP contribution in [0.15, 0.2) is 30.0 Å². The summed E-state index contributed by atoms with van der Waals surface area (Å²) < 4.78 is 38.7. The highest BCUT2D eigenvalue weighted by Crippen LogP contribution is 2.38. The van der Waals surface area contributed by atoms with Crippen LogP contribution in [-0.2, 0) is 11.0 Å². The van der Waals surface area contributed by atoms with E-state index < -0.39 is 11.7 Å². The van der Waals surface area contributed by atoms with E-state index in [1.807, 2.05) is 0 Å². The molecule has 0 atom stereocenters. The fraction of sp³-hybridized carbons (Fsp3) is 0.308. The van der Waals surface area contributed by atoms with Crippen molar-refractivity contribution in [3.8, 4) is 0 Å². The molecule has 0 aliphatic rings. The molecule has 1 aromatic carbocycles. The van der Waals surface area contributed by atoms with Gasteiger partial charge in [0.15, 0.2) is 0 Å². The third kappa shape index (κ3) is 3.12. The highest BCUT2D eigenvalue weighted by atomic mass is 19.4. The smallest absolute Gasteiger partial charge is 0.350 e. The van der Waals surface area contributed by atoms with Crippen molar-refractivity contribution in [1.82, 2.24) is 0 Å². The Morgan fingerprint density at radius 1 is 1.33 bits per heavy atom. The molecule has 0 bridgehead atoms. The SMILES string of the molecule is C/C(C=O)=C/N(C)c1c(C)cccc1C(F)(F)F. The lowest BCUT2D eigenvalue weighted by molar-refractivity contribution is -0.137. The van der Waals surface area contributed by atoms with Crippen LogP contribution in [0.5, 0.6) is 0 Å². The Morgan fingerprint density at radius 3 is 2.44 bits per heavy atom. The average Bonchev–Trinajstić information content (AvgIpc) is 2.27. The maximum Gasteiger partial charge on any atom is 0.418 e. The number of hydrogen-bond acceptors (Lipinski definition) is 2. The first-order valence-electron chi connectivity index (χ1n) is 5.30. The standard InChI is InChI=1S/C13H14F3NO/c1-9(8-18)7-17(3)12-10(2)5-4-6-11(12)13(14,15)16/h4-8H,1-3H3/b9-7-.